The van der Waals surface area contributed by atoms with Crippen LogP contribution < -0.4 is 5.73 Å². The number of nitrogens with two attached hydrogens (primary N) is 1. The average molecular weight is 196 g/mol. The number of aliphatic hydroxyl groups is 1. The highest BCUT2D eigenvalue weighted by molar-refractivity contribution is 4.95. The maximum absolute atomic E-state index is 9.61. The Kier molecular flexibility index (Phi) is 2.79. The van der Waals surface area contributed by atoms with E-state index in [0.29, 0.717) is 11.9 Å². The fourth-order valence-corrected chi connectivity index (χ4v) is 2.06. The molecule has 0 saturated heterocycles. The molecule has 1 atom stereocenters. The lowest BCUT2D eigenvalue weighted by Gasteiger charge is -2.15. The fourth-order valence-electron chi connectivity index (χ4n) is 2.06. The van der Waals surface area contributed by atoms with Crippen LogP contribution >= 0.6 is 0 Å². The Morgan fingerprint density at radius 3 is 2.93 bits per heavy atom. The van der Waals surface area contributed by atoms with E-state index in [2.05, 4.69) is 10.2 Å². The van der Waals surface area contributed by atoms with Crippen LogP contribution in [0.25, 0.3) is 0 Å². The standard InChI is InChI=1S/C9H16N4O/c10-5-8(14)9-12-11-6-13(9)7-3-1-2-4-7/h6-8,14H,1-5,10H2/t8-/m0/s1. The normalized spacial score (nSPS) is 20.1. The molecule has 1 saturated carbocycles. The molecule has 14 heavy (non-hydrogen) atoms. The van der Waals surface area contributed by atoms with Gasteiger partial charge in [0.25, 0.3) is 0 Å². The molecule has 0 aromatic carbocycles. The summed E-state index contributed by atoms with van der Waals surface area (Å²) in [5, 5.41) is 17.4. The summed E-state index contributed by atoms with van der Waals surface area (Å²) in [5.41, 5.74) is 5.40. The Labute approximate surface area is 82.9 Å². The molecule has 1 heterocycles. The molecule has 0 amide bonds. The summed E-state index contributed by atoms with van der Waals surface area (Å²) in [5.74, 6) is 0.611. The van der Waals surface area contributed by atoms with Crippen LogP contribution in [0.5, 0.6) is 0 Å². The molecule has 2 rings (SSSR count). The Balaban J connectivity index is 2.19. The van der Waals surface area contributed by atoms with Gasteiger partial charge >= 0.3 is 0 Å². The predicted molar refractivity (Wildman–Crippen MR) is 51.5 cm³/mol. The van der Waals surface area contributed by atoms with E-state index in [0.717, 1.165) is 12.8 Å². The summed E-state index contributed by atoms with van der Waals surface area (Å²) in [4.78, 5) is 0. The quantitative estimate of drug-likeness (QED) is 0.733. The number of hydrogen-bond donors (Lipinski definition) is 2. The van der Waals surface area contributed by atoms with Crippen molar-refractivity contribution in [1.29, 1.82) is 0 Å². The second-order valence-electron chi connectivity index (χ2n) is 3.79. The van der Waals surface area contributed by atoms with E-state index in [-0.39, 0.29) is 6.54 Å². The molecular formula is C9H16N4O. The average Bonchev–Trinajstić information content (AvgIpc) is 2.85. The van der Waals surface area contributed by atoms with Gasteiger partial charge in [-0.05, 0) is 12.8 Å². The van der Waals surface area contributed by atoms with Crippen molar-refractivity contribution in [1.82, 2.24) is 14.8 Å². The Morgan fingerprint density at radius 2 is 2.29 bits per heavy atom. The molecule has 1 aromatic rings. The summed E-state index contributed by atoms with van der Waals surface area (Å²) < 4.78 is 1.98. The van der Waals surface area contributed by atoms with E-state index in [1.807, 2.05) is 4.57 Å². The van der Waals surface area contributed by atoms with Crippen LogP contribution in [0.4, 0.5) is 0 Å². The summed E-state index contributed by atoms with van der Waals surface area (Å²) in [6, 6.07) is 0.459. The van der Waals surface area contributed by atoms with Gasteiger partial charge in [-0.3, -0.25) is 0 Å². The first-order chi connectivity index (χ1) is 6.83. The zero-order valence-corrected chi connectivity index (χ0v) is 8.13. The second kappa shape index (κ2) is 4.06. The highest BCUT2D eigenvalue weighted by Gasteiger charge is 2.22. The lowest BCUT2D eigenvalue weighted by molar-refractivity contribution is 0.168. The van der Waals surface area contributed by atoms with Crippen LogP contribution in [-0.2, 0) is 0 Å². The monoisotopic (exact) mass is 196 g/mol. The number of aromatic nitrogens is 3. The molecule has 78 valence electrons. The molecule has 1 aliphatic carbocycles. The van der Waals surface area contributed by atoms with E-state index in [9.17, 15) is 5.11 Å². The van der Waals surface area contributed by atoms with Gasteiger partial charge in [-0.1, -0.05) is 12.8 Å². The minimum Gasteiger partial charge on any atom is -0.384 e. The molecule has 0 spiro atoms. The van der Waals surface area contributed by atoms with Gasteiger partial charge in [0.1, 0.15) is 12.4 Å². The van der Waals surface area contributed by atoms with Crippen LogP contribution in [0, 0.1) is 0 Å². The van der Waals surface area contributed by atoms with Crippen LogP contribution in [0.1, 0.15) is 43.7 Å². The van der Waals surface area contributed by atoms with E-state index in [1.54, 1.807) is 6.33 Å². The number of rotatable bonds is 3. The second-order valence-corrected chi connectivity index (χ2v) is 3.79. The number of aliphatic hydroxyl groups excluding tert-OH is 1. The van der Waals surface area contributed by atoms with Gasteiger partial charge in [0.15, 0.2) is 5.82 Å². The lowest BCUT2D eigenvalue weighted by Crippen LogP contribution is -2.18. The Morgan fingerprint density at radius 1 is 1.57 bits per heavy atom. The lowest BCUT2D eigenvalue weighted by atomic mass is 10.2. The van der Waals surface area contributed by atoms with Crippen LogP contribution in [0.3, 0.4) is 0 Å². The van der Waals surface area contributed by atoms with Gasteiger partial charge in [0, 0.05) is 12.6 Å². The van der Waals surface area contributed by atoms with Crippen molar-refractivity contribution in [3.8, 4) is 0 Å². The van der Waals surface area contributed by atoms with E-state index < -0.39 is 6.10 Å². The first kappa shape index (κ1) is 9.61. The number of hydrogen-bond acceptors (Lipinski definition) is 4. The van der Waals surface area contributed by atoms with Gasteiger partial charge in [0.2, 0.25) is 0 Å². The molecule has 3 N–H and O–H groups in total. The number of nitrogens with zero attached hydrogens (tertiary/aromatic N) is 3. The Hall–Kier alpha value is -0.940. The first-order valence-electron chi connectivity index (χ1n) is 5.10. The van der Waals surface area contributed by atoms with Crippen LogP contribution in [0.2, 0.25) is 0 Å². The maximum atomic E-state index is 9.61. The molecule has 0 aliphatic heterocycles. The molecule has 1 fully saturated rings. The molecule has 1 aliphatic rings. The van der Waals surface area contributed by atoms with Crippen molar-refractivity contribution in [2.24, 2.45) is 5.73 Å². The maximum Gasteiger partial charge on any atom is 0.163 e. The van der Waals surface area contributed by atoms with Gasteiger partial charge in [-0.15, -0.1) is 10.2 Å². The minimum atomic E-state index is -0.682. The summed E-state index contributed by atoms with van der Waals surface area (Å²) in [6.07, 6.45) is 5.83. The fraction of sp³-hybridized carbons (Fsp3) is 0.778. The van der Waals surface area contributed by atoms with Crippen molar-refractivity contribution in [3.05, 3.63) is 12.2 Å². The molecule has 1 aromatic heterocycles. The SMILES string of the molecule is NC[C@H](O)c1nncn1C1CCCC1. The van der Waals surface area contributed by atoms with E-state index in [1.165, 1.54) is 12.8 Å². The minimum absolute atomic E-state index is 0.200. The third kappa shape index (κ3) is 1.65. The molecule has 5 nitrogen and oxygen atoms in total. The Bertz CT molecular complexity index is 293. The molecule has 0 bridgehead atoms. The molecule has 0 unspecified atom stereocenters. The van der Waals surface area contributed by atoms with Gasteiger partial charge in [-0.2, -0.15) is 0 Å². The summed E-state index contributed by atoms with van der Waals surface area (Å²) in [6.45, 7) is 0.200. The molecule has 0 radical (unpaired) electrons. The third-order valence-corrected chi connectivity index (χ3v) is 2.84. The van der Waals surface area contributed by atoms with E-state index >= 15 is 0 Å². The van der Waals surface area contributed by atoms with Gasteiger partial charge < -0.3 is 15.4 Å². The molecular weight excluding hydrogens is 180 g/mol. The zero-order valence-electron chi connectivity index (χ0n) is 8.13. The first-order valence-corrected chi connectivity index (χ1v) is 5.10. The third-order valence-electron chi connectivity index (χ3n) is 2.84. The van der Waals surface area contributed by atoms with Crippen LogP contribution in [0.15, 0.2) is 6.33 Å². The summed E-state index contributed by atoms with van der Waals surface area (Å²) in [7, 11) is 0. The van der Waals surface area contributed by atoms with Crippen LogP contribution in [-0.4, -0.2) is 26.4 Å². The van der Waals surface area contributed by atoms with Gasteiger partial charge in [-0.25, -0.2) is 0 Å². The van der Waals surface area contributed by atoms with Crippen molar-refractivity contribution in [2.45, 2.75) is 37.8 Å². The molecule has 5 heteroatoms. The largest absolute Gasteiger partial charge is 0.384 e. The predicted octanol–water partition coefficient (Wildman–Crippen LogP) is 0.385. The van der Waals surface area contributed by atoms with E-state index in [4.69, 9.17) is 5.73 Å². The zero-order chi connectivity index (χ0) is 9.97. The smallest absolute Gasteiger partial charge is 0.163 e. The highest BCUT2D eigenvalue weighted by atomic mass is 16.3. The van der Waals surface area contributed by atoms with Crippen molar-refractivity contribution >= 4 is 0 Å². The summed E-state index contributed by atoms with van der Waals surface area (Å²) >= 11 is 0. The highest BCUT2D eigenvalue weighted by Crippen LogP contribution is 2.30. The van der Waals surface area contributed by atoms with Crippen molar-refractivity contribution < 1.29 is 5.11 Å². The topological polar surface area (TPSA) is 77.0 Å². The van der Waals surface area contributed by atoms with Gasteiger partial charge in [0.05, 0.1) is 0 Å². The van der Waals surface area contributed by atoms with Crippen molar-refractivity contribution in [2.75, 3.05) is 6.54 Å². The van der Waals surface area contributed by atoms with Crippen molar-refractivity contribution in [3.63, 3.8) is 0 Å².